The van der Waals surface area contributed by atoms with E-state index >= 15 is 0 Å². The monoisotopic (exact) mass is 395 g/mol. The summed E-state index contributed by atoms with van der Waals surface area (Å²) in [6.45, 7) is 7.04. The Hall–Kier alpha value is 0.230. The van der Waals surface area contributed by atoms with Crippen LogP contribution in [0.25, 0.3) is 0 Å². The smallest absolute Gasteiger partial charge is 0.247 e. The lowest BCUT2D eigenvalue weighted by molar-refractivity contribution is 0.381. The zero-order valence-corrected chi connectivity index (χ0v) is 16.8. The molecule has 2 heterocycles. The van der Waals surface area contributed by atoms with Crippen LogP contribution in [0.3, 0.4) is 0 Å². The zero-order chi connectivity index (χ0) is 16.9. The van der Waals surface area contributed by atoms with Crippen molar-refractivity contribution in [2.75, 3.05) is 31.1 Å². The van der Waals surface area contributed by atoms with Crippen molar-refractivity contribution >= 4 is 45.1 Å². The molecule has 5 nitrogen and oxygen atoms in total. The third kappa shape index (κ3) is 5.62. The van der Waals surface area contributed by atoms with Crippen LogP contribution in [0.2, 0.25) is 0 Å². The van der Waals surface area contributed by atoms with Gasteiger partial charge in [-0.1, -0.05) is 13.8 Å². The Morgan fingerprint density at radius 2 is 2.22 bits per heavy atom. The molecule has 0 saturated carbocycles. The molecule has 0 aromatic carbocycles. The summed E-state index contributed by atoms with van der Waals surface area (Å²) in [5.41, 5.74) is 1.07. The van der Waals surface area contributed by atoms with Gasteiger partial charge < -0.3 is 5.32 Å². The number of nitrogens with zero attached hydrogens (tertiary/aromatic N) is 1. The number of sulfonamides is 1. The minimum atomic E-state index is -3.62. The number of thioether (sulfide) groups is 1. The van der Waals surface area contributed by atoms with Gasteiger partial charge in [0.25, 0.3) is 0 Å². The third-order valence-electron chi connectivity index (χ3n) is 3.45. The summed E-state index contributed by atoms with van der Waals surface area (Å²) in [5.74, 6) is 2.40. The molecule has 0 spiro atoms. The molecule has 0 bridgehead atoms. The molecule has 1 aromatic rings. The number of fused-ring (bicyclic) bond motifs is 1. The van der Waals surface area contributed by atoms with Crippen molar-refractivity contribution in [1.82, 2.24) is 9.62 Å². The molecule has 1 atom stereocenters. The van der Waals surface area contributed by atoms with Gasteiger partial charge >= 0.3 is 0 Å². The molecule has 132 valence electrons. The van der Waals surface area contributed by atoms with Crippen molar-refractivity contribution in [3.8, 4) is 0 Å². The summed E-state index contributed by atoms with van der Waals surface area (Å²) < 4.78 is 26.9. The number of likely N-dealkylation sites (N-methyl/N-ethyl adjacent to an activating group) is 1. The molecule has 9 heteroatoms. The van der Waals surface area contributed by atoms with E-state index < -0.39 is 10.0 Å². The standard InChI is InChI=1S/C14H25N3O2S4/c1-3-7-20-8-5-6-17-10-12(16-4-2)11-9-13(23(15,18)19)21-14(11)22-17/h9,12,16H,3-8,10H2,1-2H3,(H2,15,18,19). The van der Waals surface area contributed by atoms with Crippen LogP contribution in [-0.2, 0) is 10.0 Å². The number of hydrogen-bond donors (Lipinski definition) is 2. The van der Waals surface area contributed by atoms with E-state index in [-0.39, 0.29) is 10.3 Å². The van der Waals surface area contributed by atoms with Crippen molar-refractivity contribution < 1.29 is 8.42 Å². The van der Waals surface area contributed by atoms with Gasteiger partial charge in [0.1, 0.15) is 4.21 Å². The van der Waals surface area contributed by atoms with E-state index in [1.807, 2.05) is 11.8 Å². The molecule has 0 amide bonds. The first-order chi connectivity index (χ1) is 11.0. The van der Waals surface area contributed by atoms with Gasteiger partial charge in [0, 0.05) is 19.1 Å². The summed E-state index contributed by atoms with van der Waals surface area (Å²) in [7, 11) is -3.62. The summed E-state index contributed by atoms with van der Waals surface area (Å²) in [4.78, 5) is 0. The number of thiophene rings is 1. The van der Waals surface area contributed by atoms with E-state index in [1.54, 1.807) is 18.0 Å². The maximum Gasteiger partial charge on any atom is 0.247 e. The molecular weight excluding hydrogens is 370 g/mol. The fourth-order valence-corrected chi connectivity index (χ4v) is 6.82. The highest BCUT2D eigenvalue weighted by Crippen LogP contribution is 2.43. The maximum atomic E-state index is 11.6. The zero-order valence-electron chi connectivity index (χ0n) is 13.6. The highest BCUT2D eigenvalue weighted by Gasteiger charge is 2.29. The van der Waals surface area contributed by atoms with Crippen LogP contribution in [0.4, 0.5) is 0 Å². The van der Waals surface area contributed by atoms with Gasteiger partial charge in [-0.2, -0.15) is 11.8 Å². The highest BCUT2D eigenvalue weighted by molar-refractivity contribution is 7.99. The van der Waals surface area contributed by atoms with Crippen LogP contribution in [0.1, 0.15) is 38.3 Å². The number of primary sulfonamides is 1. The van der Waals surface area contributed by atoms with Crippen LogP contribution in [0.5, 0.6) is 0 Å². The van der Waals surface area contributed by atoms with Crippen molar-refractivity contribution in [3.63, 3.8) is 0 Å². The van der Waals surface area contributed by atoms with Crippen LogP contribution in [-0.4, -0.2) is 43.9 Å². The second-order valence-corrected chi connectivity index (χ2v) is 10.8. The second kappa shape index (κ2) is 9.07. The molecule has 0 radical (unpaired) electrons. The fourth-order valence-electron chi connectivity index (χ4n) is 2.42. The Labute approximate surface area is 152 Å². The van der Waals surface area contributed by atoms with Crippen molar-refractivity contribution in [1.29, 1.82) is 0 Å². The maximum absolute atomic E-state index is 11.6. The topological polar surface area (TPSA) is 75.4 Å². The van der Waals surface area contributed by atoms with Gasteiger partial charge in [0.15, 0.2) is 0 Å². The molecule has 0 aliphatic carbocycles. The Bertz CT molecular complexity index is 603. The Morgan fingerprint density at radius 3 is 2.87 bits per heavy atom. The summed E-state index contributed by atoms with van der Waals surface area (Å²) in [6, 6.07) is 1.91. The minimum Gasteiger partial charge on any atom is -0.309 e. The lowest BCUT2D eigenvalue weighted by Crippen LogP contribution is -2.35. The average molecular weight is 396 g/mol. The fraction of sp³-hybridized carbons (Fsp3) is 0.714. The Balaban J connectivity index is 2.04. The summed E-state index contributed by atoms with van der Waals surface area (Å²) >= 11 is 4.96. The van der Waals surface area contributed by atoms with Gasteiger partial charge in [-0.05, 0) is 54.5 Å². The molecule has 1 aliphatic heterocycles. The highest BCUT2D eigenvalue weighted by atomic mass is 32.3. The molecule has 1 unspecified atom stereocenters. The van der Waals surface area contributed by atoms with Crippen LogP contribution >= 0.6 is 35.0 Å². The number of nitrogens with one attached hydrogen (secondary N) is 1. The van der Waals surface area contributed by atoms with Crippen LogP contribution in [0, 0.1) is 0 Å². The summed E-state index contributed by atoms with van der Waals surface area (Å²) in [5, 5.41) is 8.74. The lowest BCUT2D eigenvalue weighted by atomic mass is 10.1. The molecule has 0 fully saturated rings. The van der Waals surface area contributed by atoms with Crippen molar-refractivity contribution in [2.45, 2.75) is 41.1 Å². The number of rotatable bonds is 9. The molecular formula is C14H25N3O2S4. The van der Waals surface area contributed by atoms with Gasteiger partial charge in [-0.3, -0.25) is 0 Å². The predicted octanol–water partition coefficient (Wildman–Crippen LogP) is 2.90. The van der Waals surface area contributed by atoms with Gasteiger partial charge in [0.2, 0.25) is 10.0 Å². The first-order valence-electron chi connectivity index (χ1n) is 7.86. The van der Waals surface area contributed by atoms with Crippen molar-refractivity contribution in [2.24, 2.45) is 5.14 Å². The van der Waals surface area contributed by atoms with Crippen LogP contribution < -0.4 is 10.5 Å². The van der Waals surface area contributed by atoms with Crippen molar-refractivity contribution in [3.05, 3.63) is 11.6 Å². The molecule has 3 N–H and O–H groups in total. The molecule has 2 rings (SSSR count). The number of hydrogen-bond acceptors (Lipinski definition) is 7. The SMILES string of the molecule is CCCSCCCN1CC(NCC)c2cc(S(N)(=O)=O)sc2S1. The van der Waals surface area contributed by atoms with Gasteiger partial charge in [0.05, 0.1) is 4.21 Å². The number of nitrogens with two attached hydrogens (primary N) is 1. The van der Waals surface area contributed by atoms with E-state index in [4.69, 9.17) is 5.14 Å². The first kappa shape index (κ1) is 19.6. The van der Waals surface area contributed by atoms with E-state index in [9.17, 15) is 8.42 Å². The largest absolute Gasteiger partial charge is 0.309 e. The van der Waals surface area contributed by atoms with Gasteiger partial charge in [-0.25, -0.2) is 17.9 Å². The van der Waals surface area contributed by atoms with Crippen LogP contribution in [0.15, 0.2) is 14.5 Å². The molecule has 0 saturated heterocycles. The second-order valence-electron chi connectivity index (χ2n) is 5.41. The molecule has 1 aliphatic rings. The molecule has 23 heavy (non-hydrogen) atoms. The minimum absolute atomic E-state index is 0.172. The lowest BCUT2D eigenvalue weighted by Gasteiger charge is -2.31. The first-order valence-corrected chi connectivity index (χ1v) is 12.1. The van der Waals surface area contributed by atoms with E-state index in [1.165, 1.54) is 29.3 Å². The predicted molar refractivity (Wildman–Crippen MR) is 102 cm³/mol. The third-order valence-corrected chi connectivity index (χ3v) is 8.56. The average Bonchev–Trinajstić information content (AvgIpc) is 2.92. The molecule has 1 aromatic heterocycles. The Kier molecular flexibility index (Phi) is 7.71. The van der Waals surface area contributed by atoms with E-state index in [0.717, 1.165) is 35.8 Å². The Morgan fingerprint density at radius 1 is 1.43 bits per heavy atom. The summed E-state index contributed by atoms with van der Waals surface area (Å²) in [6.07, 6.45) is 2.37. The van der Waals surface area contributed by atoms with E-state index in [2.05, 4.69) is 23.5 Å². The van der Waals surface area contributed by atoms with E-state index in [0.29, 0.717) is 0 Å². The van der Waals surface area contributed by atoms with Gasteiger partial charge in [-0.15, -0.1) is 11.3 Å². The normalized spacial score (nSPS) is 19.0. The quantitative estimate of drug-likeness (QED) is 0.495.